The lowest BCUT2D eigenvalue weighted by Crippen LogP contribution is -2.49. The highest BCUT2D eigenvalue weighted by Gasteiger charge is 2.21. The van der Waals surface area contributed by atoms with E-state index in [1.54, 1.807) is 0 Å². The summed E-state index contributed by atoms with van der Waals surface area (Å²) in [6.45, 7) is 5.73. The van der Waals surface area contributed by atoms with E-state index < -0.39 is 0 Å². The van der Waals surface area contributed by atoms with Crippen LogP contribution in [-0.4, -0.2) is 74.2 Å². The topological polar surface area (TPSA) is 48.1 Å². The monoisotopic (exact) mass is 382 g/mol. The van der Waals surface area contributed by atoms with Gasteiger partial charge in [-0.05, 0) is 43.9 Å². The van der Waals surface area contributed by atoms with Crippen LogP contribution < -0.4 is 10.1 Å². The number of ether oxygens (including phenoxy) is 1. The van der Waals surface area contributed by atoms with Crippen LogP contribution in [0.5, 0.6) is 5.75 Å². The number of piperazine rings is 1. The smallest absolute Gasteiger partial charge is 0.321 e. The van der Waals surface area contributed by atoms with E-state index in [-0.39, 0.29) is 6.03 Å². The molecule has 6 nitrogen and oxygen atoms in total. The minimum absolute atomic E-state index is 0.0231. The standard InChI is InChI=1S/C22H30N4O2/c1-24(2)16-17-28-21-10-8-19(9-11-21)18-25-12-14-26(15-13-25)22(27)23-20-6-4-3-5-7-20/h3-11H,12-18H2,1-2H3,(H,23,27). The van der Waals surface area contributed by atoms with Crippen LogP contribution in [0.25, 0.3) is 0 Å². The number of para-hydroxylation sites is 1. The Bertz CT molecular complexity index is 726. The molecule has 0 bridgehead atoms. The molecular weight excluding hydrogens is 352 g/mol. The predicted molar refractivity (Wildman–Crippen MR) is 113 cm³/mol. The molecule has 0 aromatic heterocycles. The van der Waals surface area contributed by atoms with Gasteiger partial charge in [0, 0.05) is 45.0 Å². The molecule has 0 saturated carbocycles. The zero-order chi connectivity index (χ0) is 19.8. The highest BCUT2D eigenvalue weighted by atomic mass is 16.5. The van der Waals surface area contributed by atoms with E-state index in [4.69, 9.17) is 4.74 Å². The molecule has 3 rings (SSSR count). The Morgan fingerprint density at radius 3 is 2.32 bits per heavy atom. The summed E-state index contributed by atoms with van der Waals surface area (Å²) < 4.78 is 5.74. The van der Waals surface area contributed by atoms with Gasteiger partial charge >= 0.3 is 6.03 Å². The van der Waals surface area contributed by atoms with Gasteiger partial charge in [0.2, 0.25) is 0 Å². The largest absolute Gasteiger partial charge is 0.492 e. The summed E-state index contributed by atoms with van der Waals surface area (Å²) in [5, 5.41) is 2.96. The Kier molecular flexibility index (Phi) is 7.28. The van der Waals surface area contributed by atoms with E-state index in [1.165, 1.54) is 5.56 Å². The lowest BCUT2D eigenvalue weighted by molar-refractivity contribution is 0.143. The van der Waals surface area contributed by atoms with E-state index in [9.17, 15) is 4.79 Å². The molecule has 1 aliphatic rings. The number of benzene rings is 2. The van der Waals surface area contributed by atoms with Crippen molar-refractivity contribution in [2.45, 2.75) is 6.54 Å². The molecule has 0 spiro atoms. The zero-order valence-corrected chi connectivity index (χ0v) is 16.8. The third-order valence-electron chi connectivity index (χ3n) is 4.82. The van der Waals surface area contributed by atoms with Crippen molar-refractivity contribution in [3.63, 3.8) is 0 Å². The molecule has 0 radical (unpaired) electrons. The quantitative estimate of drug-likeness (QED) is 0.800. The molecule has 1 fully saturated rings. The first-order valence-electron chi connectivity index (χ1n) is 9.80. The molecule has 1 aliphatic heterocycles. The highest BCUT2D eigenvalue weighted by molar-refractivity contribution is 5.89. The summed E-state index contributed by atoms with van der Waals surface area (Å²) in [5.41, 5.74) is 2.10. The second-order valence-electron chi connectivity index (χ2n) is 7.36. The summed E-state index contributed by atoms with van der Waals surface area (Å²) in [7, 11) is 4.08. The van der Waals surface area contributed by atoms with Crippen molar-refractivity contribution in [1.29, 1.82) is 0 Å². The van der Waals surface area contributed by atoms with Crippen LogP contribution in [-0.2, 0) is 6.54 Å². The fourth-order valence-corrected chi connectivity index (χ4v) is 3.13. The summed E-state index contributed by atoms with van der Waals surface area (Å²) in [6.07, 6.45) is 0. The normalized spacial score (nSPS) is 14.9. The number of nitrogens with one attached hydrogen (secondary N) is 1. The van der Waals surface area contributed by atoms with Crippen LogP contribution >= 0.6 is 0 Å². The Balaban J connectivity index is 1.41. The first-order chi connectivity index (χ1) is 13.6. The Morgan fingerprint density at radius 1 is 1.00 bits per heavy atom. The molecule has 0 aliphatic carbocycles. The van der Waals surface area contributed by atoms with Gasteiger partial charge in [-0.3, -0.25) is 4.90 Å². The van der Waals surface area contributed by atoms with Gasteiger partial charge in [-0.15, -0.1) is 0 Å². The van der Waals surface area contributed by atoms with Crippen LogP contribution in [0.4, 0.5) is 10.5 Å². The maximum atomic E-state index is 12.4. The zero-order valence-electron chi connectivity index (χ0n) is 16.8. The van der Waals surface area contributed by atoms with E-state index >= 15 is 0 Å². The van der Waals surface area contributed by atoms with Gasteiger partial charge < -0.3 is 19.9 Å². The van der Waals surface area contributed by atoms with Crippen LogP contribution in [0, 0.1) is 0 Å². The van der Waals surface area contributed by atoms with Crippen LogP contribution in [0.2, 0.25) is 0 Å². The fourth-order valence-electron chi connectivity index (χ4n) is 3.13. The van der Waals surface area contributed by atoms with Crippen molar-refractivity contribution in [3.05, 3.63) is 60.2 Å². The predicted octanol–water partition coefficient (Wildman–Crippen LogP) is 2.98. The van der Waals surface area contributed by atoms with Gasteiger partial charge in [0.1, 0.15) is 12.4 Å². The lowest BCUT2D eigenvalue weighted by atomic mass is 10.2. The van der Waals surface area contributed by atoms with Gasteiger partial charge in [-0.1, -0.05) is 30.3 Å². The Hall–Kier alpha value is -2.57. The van der Waals surface area contributed by atoms with Gasteiger partial charge in [0.25, 0.3) is 0 Å². The lowest BCUT2D eigenvalue weighted by Gasteiger charge is -2.34. The van der Waals surface area contributed by atoms with Gasteiger partial charge in [-0.25, -0.2) is 4.79 Å². The van der Waals surface area contributed by atoms with Crippen molar-refractivity contribution in [2.75, 3.05) is 58.7 Å². The van der Waals surface area contributed by atoms with Crippen molar-refractivity contribution in [3.8, 4) is 5.75 Å². The molecule has 0 unspecified atom stereocenters. The number of amides is 2. The Labute approximate surface area is 167 Å². The third-order valence-corrected chi connectivity index (χ3v) is 4.82. The summed E-state index contributed by atoms with van der Waals surface area (Å²) in [4.78, 5) is 18.7. The molecule has 1 N–H and O–H groups in total. The van der Waals surface area contributed by atoms with E-state index in [0.717, 1.165) is 50.7 Å². The van der Waals surface area contributed by atoms with Gasteiger partial charge in [0.05, 0.1) is 0 Å². The third kappa shape index (κ3) is 6.25. The molecular formula is C22H30N4O2. The maximum Gasteiger partial charge on any atom is 0.321 e. The molecule has 1 heterocycles. The van der Waals surface area contributed by atoms with Crippen LogP contribution in [0.1, 0.15) is 5.56 Å². The average Bonchev–Trinajstić information content (AvgIpc) is 2.70. The number of carbonyl (C=O) groups excluding carboxylic acids is 1. The van der Waals surface area contributed by atoms with Crippen molar-refractivity contribution >= 4 is 11.7 Å². The molecule has 1 saturated heterocycles. The molecule has 150 valence electrons. The summed E-state index contributed by atoms with van der Waals surface area (Å²) >= 11 is 0. The number of urea groups is 1. The van der Waals surface area contributed by atoms with Crippen molar-refractivity contribution < 1.29 is 9.53 Å². The molecule has 2 amide bonds. The number of likely N-dealkylation sites (N-methyl/N-ethyl adjacent to an activating group) is 1. The minimum atomic E-state index is -0.0231. The second kappa shape index (κ2) is 10.1. The second-order valence-corrected chi connectivity index (χ2v) is 7.36. The van der Waals surface area contributed by atoms with Gasteiger partial charge in [0.15, 0.2) is 0 Å². The average molecular weight is 383 g/mol. The number of hydrogen-bond donors (Lipinski definition) is 1. The van der Waals surface area contributed by atoms with E-state index in [0.29, 0.717) is 6.61 Å². The number of carbonyl (C=O) groups is 1. The van der Waals surface area contributed by atoms with E-state index in [2.05, 4.69) is 27.2 Å². The van der Waals surface area contributed by atoms with Crippen molar-refractivity contribution in [2.24, 2.45) is 0 Å². The van der Waals surface area contributed by atoms with Crippen LogP contribution in [0.15, 0.2) is 54.6 Å². The Morgan fingerprint density at radius 2 is 1.68 bits per heavy atom. The fraction of sp³-hybridized carbons (Fsp3) is 0.409. The number of nitrogens with zero attached hydrogens (tertiary/aromatic N) is 3. The van der Waals surface area contributed by atoms with Crippen LogP contribution in [0.3, 0.4) is 0 Å². The first kappa shape index (κ1) is 20.2. The molecule has 2 aromatic rings. The number of rotatable bonds is 7. The SMILES string of the molecule is CN(C)CCOc1ccc(CN2CCN(C(=O)Nc3ccccc3)CC2)cc1. The van der Waals surface area contributed by atoms with E-state index in [1.807, 2.05) is 61.5 Å². The molecule has 0 atom stereocenters. The molecule has 28 heavy (non-hydrogen) atoms. The van der Waals surface area contributed by atoms with Crippen molar-refractivity contribution in [1.82, 2.24) is 14.7 Å². The molecule has 6 heteroatoms. The number of anilines is 1. The molecule has 2 aromatic carbocycles. The summed E-state index contributed by atoms with van der Waals surface area (Å²) in [5.74, 6) is 0.910. The highest BCUT2D eigenvalue weighted by Crippen LogP contribution is 2.15. The van der Waals surface area contributed by atoms with Gasteiger partial charge in [-0.2, -0.15) is 0 Å². The first-order valence-corrected chi connectivity index (χ1v) is 9.80. The summed E-state index contributed by atoms with van der Waals surface area (Å²) in [6, 6.07) is 17.9. The minimum Gasteiger partial charge on any atom is -0.492 e. The maximum absolute atomic E-state index is 12.4. The number of hydrogen-bond acceptors (Lipinski definition) is 4.